The minimum atomic E-state index is -2.50. The summed E-state index contributed by atoms with van der Waals surface area (Å²) in [4.78, 5) is 1.47. The van der Waals surface area contributed by atoms with E-state index in [4.69, 9.17) is 0 Å². The van der Waals surface area contributed by atoms with Crippen LogP contribution in [0.4, 0.5) is 8.78 Å². The maximum absolute atomic E-state index is 12.6. The second-order valence-electron chi connectivity index (χ2n) is 6.11. The van der Waals surface area contributed by atoms with Crippen molar-refractivity contribution in [2.75, 3.05) is 0 Å². The monoisotopic (exact) mass is 406 g/mol. The van der Waals surface area contributed by atoms with Crippen LogP contribution in [0, 0.1) is 22.7 Å². The number of rotatable bonds is 5. The fourth-order valence-electron chi connectivity index (χ4n) is 2.92. The van der Waals surface area contributed by atoms with Crippen LogP contribution >= 0.6 is 11.8 Å². The van der Waals surface area contributed by atoms with Crippen molar-refractivity contribution >= 4 is 17.3 Å². The summed E-state index contributed by atoms with van der Waals surface area (Å²) in [5.41, 5.74) is 2.90. The first kappa shape index (κ1) is 18.7. The highest BCUT2D eigenvalue weighted by Crippen LogP contribution is 2.36. The van der Waals surface area contributed by atoms with Gasteiger partial charge in [0.1, 0.15) is 18.7 Å². The van der Waals surface area contributed by atoms with E-state index in [9.17, 15) is 19.3 Å². The number of fused-ring (bicyclic) bond motifs is 1. The molecule has 0 saturated carbocycles. The summed E-state index contributed by atoms with van der Waals surface area (Å²) in [6.45, 7) is -0.486. The summed E-state index contributed by atoms with van der Waals surface area (Å²) in [7, 11) is 0. The molecule has 0 atom stereocenters. The zero-order chi connectivity index (χ0) is 20.4. The number of hydrogen-bond donors (Lipinski definition) is 0. The second-order valence-corrected chi connectivity index (χ2v) is 7.19. The Balaban J connectivity index is 1.84. The third-order valence-electron chi connectivity index (χ3n) is 4.22. The molecule has 4 aromatic rings. The smallest absolute Gasteiger partial charge is 0.257 e. The van der Waals surface area contributed by atoms with Crippen molar-refractivity contribution in [3.8, 4) is 23.3 Å². The number of pyridine rings is 1. The molecule has 0 aliphatic carbocycles. The maximum Gasteiger partial charge on any atom is 0.257 e. The van der Waals surface area contributed by atoms with Gasteiger partial charge < -0.3 is 0 Å². The lowest BCUT2D eigenvalue weighted by molar-refractivity contribution is 0.122. The Kier molecular flexibility index (Phi) is 4.98. The molecule has 0 aliphatic heterocycles. The van der Waals surface area contributed by atoms with Crippen LogP contribution in [-0.2, 0) is 6.54 Å². The molecule has 0 fully saturated rings. The molecule has 6 nitrogen and oxygen atoms in total. The van der Waals surface area contributed by atoms with E-state index in [0.29, 0.717) is 27.8 Å². The van der Waals surface area contributed by atoms with Gasteiger partial charge in [0.15, 0.2) is 0 Å². The van der Waals surface area contributed by atoms with E-state index in [-0.39, 0.29) is 0 Å². The van der Waals surface area contributed by atoms with Crippen molar-refractivity contribution in [2.24, 2.45) is 0 Å². The number of halogens is 2. The van der Waals surface area contributed by atoms with E-state index in [1.807, 2.05) is 18.2 Å². The third kappa shape index (κ3) is 3.68. The van der Waals surface area contributed by atoms with Gasteiger partial charge in [0, 0.05) is 33.3 Å². The van der Waals surface area contributed by atoms with Crippen molar-refractivity contribution in [3.63, 3.8) is 0 Å². The Morgan fingerprint density at radius 2 is 1.76 bits per heavy atom. The van der Waals surface area contributed by atoms with Crippen molar-refractivity contribution < 1.29 is 8.78 Å². The summed E-state index contributed by atoms with van der Waals surface area (Å²) < 4.78 is 28.0. The van der Waals surface area contributed by atoms with Gasteiger partial charge in [-0.25, -0.2) is 13.3 Å². The fourth-order valence-corrected chi connectivity index (χ4v) is 4.02. The minimum absolute atomic E-state index is 0.405. The SMILES string of the molecule is N#Cc1ccccc1Sc1cc(-c2cnn(CC(F)F)c2)cn2ncc(C#N)c12. The van der Waals surface area contributed by atoms with Gasteiger partial charge in [0.25, 0.3) is 6.43 Å². The first-order valence-electron chi connectivity index (χ1n) is 8.48. The fraction of sp³-hybridized carbons (Fsp3) is 0.100. The summed E-state index contributed by atoms with van der Waals surface area (Å²) in [5.74, 6) is 0. The molecule has 1 aromatic carbocycles. The first-order valence-corrected chi connectivity index (χ1v) is 9.30. The topological polar surface area (TPSA) is 82.7 Å². The van der Waals surface area contributed by atoms with Gasteiger partial charge in [-0.15, -0.1) is 0 Å². The lowest BCUT2D eigenvalue weighted by Crippen LogP contribution is -2.06. The molecule has 0 saturated heterocycles. The molecule has 4 rings (SSSR count). The molecule has 0 amide bonds. The number of aromatic nitrogens is 4. The van der Waals surface area contributed by atoms with Crippen molar-refractivity contribution in [3.05, 3.63) is 66.2 Å². The van der Waals surface area contributed by atoms with Crippen LogP contribution in [0.1, 0.15) is 11.1 Å². The average Bonchev–Trinajstić information content (AvgIpc) is 3.34. The molecular weight excluding hydrogens is 394 g/mol. The Bertz CT molecular complexity index is 1280. The number of nitriles is 2. The summed E-state index contributed by atoms with van der Waals surface area (Å²) >= 11 is 1.35. The maximum atomic E-state index is 12.6. The quantitative estimate of drug-likeness (QED) is 0.492. The highest BCUT2D eigenvalue weighted by molar-refractivity contribution is 7.99. The van der Waals surface area contributed by atoms with Crippen molar-refractivity contribution in [1.29, 1.82) is 10.5 Å². The molecule has 3 heterocycles. The normalized spacial score (nSPS) is 10.9. The lowest BCUT2D eigenvalue weighted by atomic mass is 10.1. The predicted octanol–water partition coefficient (Wildman–Crippen LogP) is 4.36. The minimum Gasteiger partial charge on any atom is -0.266 e. The number of alkyl halides is 2. The summed E-state index contributed by atoms with van der Waals surface area (Å²) in [5, 5.41) is 27.0. The Labute approximate surface area is 168 Å². The first-order chi connectivity index (χ1) is 14.1. The largest absolute Gasteiger partial charge is 0.266 e. The molecule has 0 radical (unpaired) electrons. The van der Waals surface area contributed by atoms with Crippen LogP contribution in [0.25, 0.3) is 16.6 Å². The van der Waals surface area contributed by atoms with Crippen LogP contribution in [0.5, 0.6) is 0 Å². The number of nitrogens with zero attached hydrogens (tertiary/aromatic N) is 6. The van der Waals surface area contributed by atoms with E-state index >= 15 is 0 Å². The van der Waals surface area contributed by atoms with Gasteiger partial charge in [-0.3, -0.25) is 4.68 Å². The lowest BCUT2D eigenvalue weighted by Gasteiger charge is -2.09. The van der Waals surface area contributed by atoms with Crippen molar-refractivity contribution in [2.45, 2.75) is 22.8 Å². The molecule has 29 heavy (non-hydrogen) atoms. The number of benzene rings is 1. The molecule has 0 bridgehead atoms. The molecule has 0 N–H and O–H groups in total. The molecule has 3 aromatic heterocycles. The van der Waals surface area contributed by atoms with Crippen LogP contribution in [0.2, 0.25) is 0 Å². The van der Waals surface area contributed by atoms with Gasteiger partial charge in [-0.1, -0.05) is 23.9 Å². The van der Waals surface area contributed by atoms with Crippen LogP contribution in [0.15, 0.2) is 64.9 Å². The summed E-state index contributed by atoms with van der Waals surface area (Å²) in [6, 6.07) is 13.3. The third-order valence-corrected chi connectivity index (χ3v) is 5.32. The standard InChI is InChI=1S/C20H12F2N6S/c21-19(22)12-27-10-16(9-25-27)14-5-18(20-15(7-24)8-26-28(20)11-14)29-17-4-2-1-3-13(17)6-23/h1-5,8-11,19H,12H2. The zero-order valence-corrected chi connectivity index (χ0v) is 15.6. The predicted molar refractivity (Wildman–Crippen MR) is 102 cm³/mol. The van der Waals surface area contributed by atoms with Gasteiger partial charge in [0.2, 0.25) is 0 Å². The zero-order valence-electron chi connectivity index (χ0n) is 14.8. The highest BCUT2D eigenvalue weighted by atomic mass is 32.2. The number of hydrogen-bond acceptors (Lipinski definition) is 5. The van der Waals surface area contributed by atoms with Crippen LogP contribution in [0.3, 0.4) is 0 Å². The Morgan fingerprint density at radius 3 is 2.52 bits per heavy atom. The van der Waals surface area contributed by atoms with Gasteiger partial charge in [-0.2, -0.15) is 20.7 Å². The van der Waals surface area contributed by atoms with E-state index in [0.717, 1.165) is 9.79 Å². The van der Waals surface area contributed by atoms with Crippen LogP contribution < -0.4 is 0 Å². The Morgan fingerprint density at radius 1 is 0.966 bits per heavy atom. The molecule has 142 valence electrons. The van der Waals surface area contributed by atoms with E-state index in [2.05, 4.69) is 22.3 Å². The summed E-state index contributed by atoms with van der Waals surface area (Å²) in [6.07, 6.45) is 3.75. The highest BCUT2D eigenvalue weighted by Gasteiger charge is 2.16. The Hall–Kier alpha value is -3.69. The van der Waals surface area contributed by atoms with Crippen molar-refractivity contribution in [1.82, 2.24) is 19.4 Å². The molecule has 0 spiro atoms. The van der Waals surface area contributed by atoms with E-state index in [1.165, 1.54) is 28.8 Å². The molecule has 0 unspecified atom stereocenters. The van der Waals surface area contributed by atoms with Gasteiger partial charge in [0.05, 0.1) is 29.0 Å². The second kappa shape index (κ2) is 7.74. The molecule has 0 aliphatic rings. The average molecular weight is 406 g/mol. The van der Waals surface area contributed by atoms with E-state index in [1.54, 1.807) is 29.0 Å². The van der Waals surface area contributed by atoms with Crippen LogP contribution in [-0.4, -0.2) is 25.8 Å². The van der Waals surface area contributed by atoms with Gasteiger partial charge in [-0.05, 0) is 18.2 Å². The molecular formula is C20H12F2N6S. The van der Waals surface area contributed by atoms with E-state index < -0.39 is 13.0 Å². The molecule has 9 heteroatoms. The van der Waals surface area contributed by atoms with Gasteiger partial charge >= 0.3 is 0 Å².